The van der Waals surface area contributed by atoms with Crippen LogP contribution in [0.25, 0.3) is 6.08 Å². The van der Waals surface area contributed by atoms with Gasteiger partial charge in [-0.1, -0.05) is 55.2 Å². The summed E-state index contributed by atoms with van der Waals surface area (Å²) in [6.45, 7) is 2.51. The molecule has 1 fully saturated rings. The van der Waals surface area contributed by atoms with E-state index in [1.54, 1.807) is 36.3 Å². The number of nitrogens with zero attached hydrogens (tertiary/aromatic N) is 1. The van der Waals surface area contributed by atoms with Crippen molar-refractivity contribution in [2.45, 2.75) is 13.3 Å². The molecule has 1 aliphatic rings. The minimum Gasteiger partial charge on any atom is -0.495 e. The fourth-order valence-electron chi connectivity index (χ4n) is 2.81. The first-order valence-corrected chi connectivity index (χ1v) is 10.7. The largest absolute Gasteiger partial charge is 0.495 e. The summed E-state index contributed by atoms with van der Waals surface area (Å²) in [4.78, 5) is 26.8. The highest BCUT2D eigenvalue weighted by molar-refractivity contribution is 8.26. The Bertz CT molecular complexity index is 973. The molecule has 0 saturated carbocycles. The summed E-state index contributed by atoms with van der Waals surface area (Å²) in [7, 11) is 1.55. The highest BCUT2D eigenvalue weighted by Gasteiger charge is 2.31. The second-order valence-electron chi connectivity index (χ2n) is 6.44. The third kappa shape index (κ3) is 5.40. The van der Waals surface area contributed by atoms with Gasteiger partial charge in [0.2, 0.25) is 0 Å². The number of hydrogen-bond donors (Lipinski definition) is 1. The number of thiocarbonyl (C=S) groups is 1. The number of benzene rings is 2. The predicted octanol–water partition coefficient (Wildman–Crippen LogP) is 4.32. The minimum atomic E-state index is -0.289. The van der Waals surface area contributed by atoms with Crippen LogP contribution in [0.15, 0.2) is 53.4 Å². The molecule has 0 spiro atoms. The topological polar surface area (TPSA) is 67.9 Å². The van der Waals surface area contributed by atoms with E-state index in [-0.39, 0.29) is 18.4 Å². The number of carbonyl (C=O) groups excluding carboxylic acids is 2. The molecule has 8 heteroatoms. The Balaban J connectivity index is 1.57. The van der Waals surface area contributed by atoms with Crippen molar-refractivity contribution in [3.8, 4) is 11.5 Å². The molecular formula is C22H22N2O4S2. The molecule has 0 aliphatic carbocycles. The van der Waals surface area contributed by atoms with Crippen molar-refractivity contribution in [3.05, 3.63) is 59.0 Å². The van der Waals surface area contributed by atoms with Crippen LogP contribution in [0.1, 0.15) is 18.9 Å². The fourth-order valence-corrected chi connectivity index (χ4v) is 4.12. The van der Waals surface area contributed by atoms with Crippen molar-refractivity contribution in [2.24, 2.45) is 0 Å². The lowest BCUT2D eigenvalue weighted by atomic mass is 10.2. The standard InChI is InChI=1S/C22H22N2O4S2/c1-3-12-24-21(26)19(30-22(24)29)13-15-8-10-16(11-9-15)28-14-20(25)23-17-6-4-5-7-18(17)27-2/h4-11,13H,3,12,14H2,1-2H3,(H,23,25)/b19-13+. The van der Waals surface area contributed by atoms with E-state index in [0.29, 0.717) is 33.0 Å². The van der Waals surface area contributed by atoms with E-state index in [9.17, 15) is 9.59 Å². The molecule has 1 saturated heterocycles. The minimum absolute atomic E-state index is 0.0554. The Morgan fingerprint density at radius 3 is 2.63 bits per heavy atom. The van der Waals surface area contributed by atoms with Crippen molar-refractivity contribution in [1.82, 2.24) is 4.90 Å². The number of ether oxygens (including phenoxy) is 2. The Morgan fingerprint density at radius 2 is 1.93 bits per heavy atom. The second-order valence-corrected chi connectivity index (χ2v) is 8.12. The highest BCUT2D eigenvalue weighted by atomic mass is 32.2. The zero-order chi connectivity index (χ0) is 21.5. The summed E-state index contributed by atoms with van der Waals surface area (Å²) >= 11 is 6.59. The van der Waals surface area contributed by atoms with Gasteiger partial charge in [0.15, 0.2) is 6.61 Å². The van der Waals surface area contributed by atoms with Crippen LogP contribution in [0.3, 0.4) is 0 Å². The van der Waals surface area contributed by atoms with Gasteiger partial charge in [0, 0.05) is 6.54 Å². The lowest BCUT2D eigenvalue weighted by Crippen LogP contribution is -2.28. The van der Waals surface area contributed by atoms with Crippen molar-refractivity contribution >= 4 is 51.9 Å². The monoisotopic (exact) mass is 442 g/mol. The number of hydrogen-bond acceptors (Lipinski definition) is 6. The van der Waals surface area contributed by atoms with E-state index >= 15 is 0 Å². The van der Waals surface area contributed by atoms with Crippen molar-refractivity contribution in [2.75, 3.05) is 25.6 Å². The first-order valence-electron chi connectivity index (χ1n) is 9.43. The lowest BCUT2D eigenvalue weighted by Gasteiger charge is -2.12. The van der Waals surface area contributed by atoms with Gasteiger partial charge >= 0.3 is 0 Å². The van der Waals surface area contributed by atoms with Gasteiger partial charge in [-0.25, -0.2) is 0 Å². The van der Waals surface area contributed by atoms with Crippen LogP contribution in [-0.2, 0) is 9.59 Å². The SMILES string of the molecule is CCCN1C(=O)/C(=C\c2ccc(OCC(=O)Nc3ccccc3OC)cc2)SC1=S. The van der Waals surface area contributed by atoms with Gasteiger partial charge in [-0.05, 0) is 42.3 Å². The van der Waals surface area contributed by atoms with E-state index in [4.69, 9.17) is 21.7 Å². The zero-order valence-corrected chi connectivity index (χ0v) is 18.3. The predicted molar refractivity (Wildman–Crippen MR) is 124 cm³/mol. The summed E-state index contributed by atoms with van der Waals surface area (Å²) in [6.07, 6.45) is 2.67. The number of anilines is 1. The quantitative estimate of drug-likeness (QED) is 0.485. The van der Waals surface area contributed by atoms with Crippen LogP contribution in [0.2, 0.25) is 0 Å². The third-order valence-electron chi connectivity index (χ3n) is 4.25. The van der Waals surface area contributed by atoms with Crippen molar-refractivity contribution < 1.29 is 19.1 Å². The molecule has 30 heavy (non-hydrogen) atoms. The molecule has 3 rings (SSSR count). The Kier molecular flexibility index (Phi) is 7.48. The molecule has 2 amide bonds. The Hall–Kier alpha value is -2.84. The smallest absolute Gasteiger partial charge is 0.266 e. The highest BCUT2D eigenvalue weighted by Crippen LogP contribution is 2.32. The molecule has 1 aliphatic heterocycles. The molecule has 156 valence electrons. The van der Waals surface area contributed by atoms with Crippen molar-refractivity contribution in [1.29, 1.82) is 0 Å². The second kappa shape index (κ2) is 10.3. The molecule has 1 N–H and O–H groups in total. The summed E-state index contributed by atoms with van der Waals surface area (Å²) in [5, 5.41) is 2.76. The van der Waals surface area contributed by atoms with Gasteiger partial charge in [0.25, 0.3) is 11.8 Å². The molecule has 6 nitrogen and oxygen atoms in total. The molecule has 1 heterocycles. The maximum atomic E-state index is 12.4. The molecule has 0 bridgehead atoms. The summed E-state index contributed by atoms with van der Waals surface area (Å²) in [5.41, 5.74) is 1.45. The molecular weight excluding hydrogens is 420 g/mol. The summed E-state index contributed by atoms with van der Waals surface area (Å²) in [5.74, 6) is 0.795. The van der Waals surface area contributed by atoms with Gasteiger partial charge in [0.05, 0.1) is 17.7 Å². The van der Waals surface area contributed by atoms with Crippen LogP contribution in [-0.4, -0.2) is 41.3 Å². The van der Waals surface area contributed by atoms with Crippen LogP contribution in [0.4, 0.5) is 5.69 Å². The Labute approximate surface area is 185 Å². The molecule has 0 atom stereocenters. The molecule has 0 radical (unpaired) electrons. The lowest BCUT2D eigenvalue weighted by molar-refractivity contribution is -0.122. The summed E-state index contributed by atoms with van der Waals surface area (Å²) < 4.78 is 11.4. The van der Waals surface area contributed by atoms with Crippen LogP contribution in [0.5, 0.6) is 11.5 Å². The zero-order valence-electron chi connectivity index (χ0n) is 16.7. The number of amides is 2. The van der Waals surface area contributed by atoms with E-state index in [1.807, 2.05) is 37.3 Å². The Morgan fingerprint density at radius 1 is 1.20 bits per heavy atom. The van der Waals surface area contributed by atoms with Gasteiger partial charge in [0.1, 0.15) is 15.8 Å². The first-order chi connectivity index (χ1) is 14.5. The molecule has 2 aromatic rings. The maximum absolute atomic E-state index is 12.4. The normalized spacial score (nSPS) is 14.9. The van der Waals surface area contributed by atoms with Gasteiger partial charge in [-0.3, -0.25) is 14.5 Å². The van der Waals surface area contributed by atoms with E-state index in [2.05, 4.69) is 5.32 Å². The van der Waals surface area contributed by atoms with Crippen LogP contribution >= 0.6 is 24.0 Å². The van der Waals surface area contributed by atoms with Gasteiger partial charge in [-0.15, -0.1) is 0 Å². The van der Waals surface area contributed by atoms with Gasteiger partial charge in [-0.2, -0.15) is 0 Å². The van der Waals surface area contributed by atoms with Crippen molar-refractivity contribution in [3.63, 3.8) is 0 Å². The van der Waals surface area contributed by atoms with Crippen LogP contribution in [0, 0.1) is 0 Å². The molecule has 0 aromatic heterocycles. The fraction of sp³-hybridized carbons (Fsp3) is 0.227. The molecule has 2 aromatic carbocycles. The van der Waals surface area contributed by atoms with E-state index < -0.39 is 0 Å². The van der Waals surface area contributed by atoms with Gasteiger partial charge < -0.3 is 14.8 Å². The third-order valence-corrected chi connectivity index (χ3v) is 5.63. The summed E-state index contributed by atoms with van der Waals surface area (Å²) in [6, 6.07) is 14.4. The number of methoxy groups -OCH3 is 1. The first kappa shape index (κ1) is 21.9. The van der Waals surface area contributed by atoms with Crippen LogP contribution < -0.4 is 14.8 Å². The number of rotatable bonds is 8. The average Bonchev–Trinajstić information content (AvgIpc) is 3.01. The number of thioether (sulfide) groups is 1. The maximum Gasteiger partial charge on any atom is 0.266 e. The number of nitrogens with one attached hydrogen (secondary N) is 1. The number of para-hydroxylation sites is 2. The number of carbonyl (C=O) groups is 2. The van der Waals surface area contributed by atoms with E-state index in [0.717, 1.165) is 12.0 Å². The molecule has 0 unspecified atom stereocenters. The van der Waals surface area contributed by atoms with E-state index in [1.165, 1.54) is 11.8 Å². The average molecular weight is 443 g/mol.